The van der Waals surface area contributed by atoms with E-state index in [4.69, 9.17) is 4.74 Å². The lowest BCUT2D eigenvalue weighted by Crippen LogP contribution is -2.25. The Hall–Kier alpha value is -2.60. The lowest BCUT2D eigenvalue weighted by atomic mass is 10.1. The van der Waals surface area contributed by atoms with Gasteiger partial charge in [0.15, 0.2) is 12.4 Å². The maximum Gasteiger partial charge on any atom is 0.319 e. The SMILES string of the molecule is CC(=O)c1ccccc1NC(=O)COC(=O)[C@@H](C)Sc1ccccc1. The van der Waals surface area contributed by atoms with E-state index in [2.05, 4.69) is 5.32 Å². The van der Waals surface area contributed by atoms with Crippen LogP contribution in [0.2, 0.25) is 0 Å². The number of nitrogens with one attached hydrogen (secondary N) is 1. The van der Waals surface area contributed by atoms with E-state index in [0.29, 0.717) is 11.3 Å². The van der Waals surface area contributed by atoms with Crippen LogP contribution in [0.5, 0.6) is 0 Å². The van der Waals surface area contributed by atoms with Crippen LogP contribution in [0.4, 0.5) is 5.69 Å². The average Bonchev–Trinajstić information content (AvgIpc) is 2.60. The van der Waals surface area contributed by atoms with Gasteiger partial charge in [-0.05, 0) is 38.1 Å². The molecule has 0 saturated heterocycles. The number of carbonyl (C=O) groups excluding carboxylic acids is 3. The zero-order chi connectivity index (χ0) is 18.2. The molecule has 0 radical (unpaired) electrons. The molecule has 130 valence electrons. The van der Waals surface area contributed by atoms with Gasteiger partial charge in [0.1, 0.15) is 5.25 Å². The molecule has 0 bridgehead atoms. The number of esters is 1. The topological polar surface area (TPSA) is 72.5 Å². The highest BCUT2D eigenvalue weighted by atomic mass is 32.2. The summed E-state index contributed by atoms with van der Waals surface area (Å²) in [6.07, 6.45) is 0. The first-order chi connectivity index (χ1) is 12.0. The highest BCUT2D eigenvalue weighted by molar-refractivity contribution is 8.00. The van der Waals surface area contributed by atoms with E-state index >= 15 is 0 Å². The van der Waals surface area contributed by atoms with Gasteiger partial charge < -0.3 is 10.1 Å². The lowest BCUT2D eigenvalue weighted by molar-refractivity contribution is -0.146. The minimum absolute atomic E-state index is 0.152. The summed E-state index contributed by atoms with van der Waals surface area (Å²) < 4.78 is 5.05. The zero-order valence-electron chi connectivity index (χ0n) is 14.0. The maximum absolute atomic E-state index is 12.0. The van der Waals surface area contributed by atoms with Gasteiger partial charge >= 0.3 is 5.97 Å². The number of hydrogen-bond donors (Lipinski definition) is 1. The van der Waals surface area contributed by atoms with E-state index in [-0.39, 0.29) is 5.78 Å². The Morgan fingerprint density at radius 3 is 2.36 bits per heavy atom. The van der Waals surface area contributed by atoms with Crippen LogP contribution in [0.25, 0.3) is 0 Å². The Labute approximate surface area is 150 Å². The van der Waals surface area contributed by atoms with Gasteiger partial charge in [0.05, 0.1) is 5.69 Å². The largest absolute Gasteiger partial charge is 0.455 e. The fraction of sp³-hybridized carbons (Fsp3) is 0.211. The molecule has 5 nitrogen and oxygen atoms in total. The fourth-order valence-corrected chi connectivity index (χ4v) is 2.98. The molecule has 0 aliphatic rings. The van der Waals surface area contributed by atoms with E-state index in [0.717, 1.165) is 4.90 Å². The van der Waals surface area contributed by atoms with Crippen molar-refractivity contribution < 1.29 is 19.1 Å². The molecule has 0 unspecified atom stereocenters. The van der Waals surface area contributed by atoms with E-state index in [9.17, 15) is 14.4 Å². The number of rotatable bonds is 7. The van der Waals surface area contributed by atoms with Gasteiger partial charge in [-0.25, -0.2) is 0 Å². The zero-order valence-corrected chi connectivity index (χ0v) is 14.8. The Morgan fingerprint density at radius 1 is 1.04 bits per heavy atom. The van der Waals surface area contributed by atoms with Crippen LogP contribution in [0.15, 0.2) is 59.5 Å². The van der Waals surface area contributed by atoms with Gasteiger partial charge in [0, 0.05) is 10.5 Å². The Kier molecular flexibility index (Phi) is 6.77. The predicted molar refractivity (Wildman–Crippen MR) is 97.8 cm³/mol. The highest BCUT2D eigenvalue weighted by Gasteiger charge is 2.18. The fourth-order valence-electron chi connectivity index (χ4n) is 2.09. The van der Waals surface area contributed by atoms with Gasteiger partial charge in [-0.15, -0.1) is 11.8 Å². The molecule has 6 heteroatoms. The second-order valence-corrected chi connectivity index (χ2v) is 6.75. The predicted octanol–water partition coefficient (Wildman–Crippen LogP) is 3.55. The molecular formula is C19H19NO4S. The third-order valence-corrected chi connectivity index (χ3v) is 4.40. The van der Waals surface area contributed by atoms with Crippen LogP contribution in [0.3, 0.4) is 0 Å². The van der Waals surface area contributed by atoms with Crippen LogP contribution in [0, 0.1) is 0 Å². The van der Waals surface area contributed by atoms with Crippen molar-refractivity contribution in [2.75, 3.05) is 11.9 Å². The van der Waals surface area contributed by atoms with E-state index < -0.39 is 23.7 Å². The normalized spacial score (nSPS) is 11.4. The molecule has 0 spiro atoms. The standard InChI is InChI=1S/C19H19NO4S/c1-13(21)16-10-6-7-11-17(16)20-18(22)12-24-19(23)14(2)25-15-8-4-3-5-9-15/h3-11,14H,12H2,1-2H3,(H,20,22)/t14-/m1/s1. The minimum atomic E-state index is -0.487. The van der Waals surface area contributed by atoms with Gasteiger partial charge in [0.25, 0.3) is 5.91 Å². The van der Waals surface area contributed by atoms with Gasteiger partial charge in [-0.2, -0.15) is 0 Å². The second-order valence-electron chi connectivity index (χ2n) is 5.33. The summed E-state index contributed by atoms with van der Waals surface area (Å²) >= 11 is 1.36. The number of thioether (sulfide) groups is 1. The summed E-state index contributed by atoms with van der Waals surface area (Å²) in [4.78, 5) is 36.5. The molecule has 0 aliphatic carbocycles. The minimum Gasteiger partial charge on any atom is -0.455 e. The first-order valence-corrected chi connectivity index (χ1v) is 8.63. The molecule has 1 N–H and O–H groups in total. The van der Waals surface area contributed by atoms with Crippen molar-refractivity contribution >= 4 is 35.1 Å². The lowest BCUT2D eigenvalue weighted by Gasteiger charge is -2.12. The van der Waals surface area contributed by atoms with Crippen LogP contribution in [0.1, 0.15) is 24.2 Å². The Bertz CT molecular complexity index is 761. The molecule has 1 atom stereocenters. The Balaban J connectivity index is 1.85. The summed E-state index contributed by atoms with van der Waals surface area (Å²) in [6, 6.07) is 16.2. The van der Waals surface area contributed by atoms with Crippen molar-refractivity contribution in [3.05, 3.63) is 60.2 Å². The second kappa shape index (κ2) is 9.03. The van der Waals surface area contributed by atoms with Crippen molar-refractivity contribution in [2.45, 2.75) is 24.0 Å². The quantitative estimate of drug-likeness (QED) is 0.466. The summed E-state index contributed by atoms with van der Waals surface area (Å²) in [5, 5.41) is 2.16. The number of benzene rings is 2. The van der Waals surface area contributed by atoms with Crippen molar-refractivity contribution in [3.8, 4) is 0 Å². The van der Waals surface area contributed by atoms with E-state index in [1.165, 1.54) is 18.7 Å². The van der Waals surface area contributed by atoms with Crippen molar-refractivity contribution in [1.82, 2.24) is 0 Å². The highest BCUT2D eigenvalue weighted by Crippen LogP contribution is 2.23. The maximum atomic E-state index is 12.0. The van der Waals surface area contributed by atoms with Gasteiger partial charge in [-0.3, -0.25) is 14.4 Å². The number of para-hydroxylation sites is 1. The number of ketones is 1. The molecule has 2 aromatic rings. The van der Waals surface area contributed by atoms with Gasteiger partial charge in [-0.1, -0.05) is 30.3 Å². The van der Waals surface area contributed by atoms with Crippen LogP contribution >= 0.6 is 11.8 Å². The summed E-state index contributed by atoms with van der Waals surface area (Å²) in [5.41, 5.74) is 0.818. The van der Waals surface area contributed by atoms with Crippen LogP contribution in [-0.4, -0.2) is 29.5 Å². The number of anilines is 1. The molecule has 2 aromatic carbocycles. The van der Waals surface area contributed by atoms with E-state index in [1.807, 2.05) is 30.3 Å². The van der Waals surface area contributed by atoms with E-state index in [1.54, 1.807) is 31.2 Å². The number of ether oxygens (including phenoxy) is 1. The number of amides is 1. The number of carbonyl (C=O) groups is 3. The molecule has 1 amide bonds. The van der Waals surface area contributed by atoms with Crippen molar-refractivity contribution in [1.29, 1.82) is 0 Å². The number of hydrogen-bond acceptors (Lipinski definition) is 5. The molecule has 2 rings (SSSR count). The Morgan fingerprint density at radius 2 is 1.68 bits per heavy atom. The summed E-state index contributed by atoms with van der Waals surface area (Å²) in [6.45, 7) is 2.75. The summed E-state index contributed by atoms with van der Waals surface area (Å²) in [5.74, 6) is -1.11. The molecule has 0 fully saturated rings. The summed E-state index contributed by atoms with van der Waals surface area (Å²) in [7, 11) is 0. The number of Topliss-reactive ketones (excluding diaryl/α,β-unsaturated/α-hetero) is 1. The molecule has 0 heterocycles. The van der Waals surface area contributed by atoms with Crippen LogP contribution < -0.4 is 5.32 Å². The molecule has 0 saturated carbocycles. The molecule has 0 aliphatic heterocycles. The average molecular weight is 357 g/mol. The first kappa shape index (κ1) is 18.7. The molecule has 0 aromatic heterocycles. The smallest absolute Gasteiger partial charge is 0.319 e. The monoisotopic (exact) mass is 357 g/mol. The van der Waals surface area contributed by atoms with Crippen molar-refractivity contribution in [3.63, 3.8) is 0 Å². The third kappa shape index (κ3) is 5.76. The van der Waals surface area contributed by atoms with Crippen molar-refractivity contribution in [2.24, 2.45) is 0 Å². The van der Waals surface area contributed by atoms with Gasteiger partial charge in [0.2, 0.25) is 0 Å². The third-order valence-electron chi connectivity index (χ3n) is 3.31. The van der Waals surface area contributed by atoms with Crippen LogP contribution in [-0.2, 0) is 14.3 Å². The first-order valence-electron chi connectivity index (χ1n) is 7.75. The molecular weight excluding hydrogens is 338 g/mol. The molecule has 25 heavy (non-hydrogen) atoms.